The monoisotopic (exact) mass is 374 g/mol. The summed E-state index contributed by atoms with van der Waals surface area (Å²) >= 11 is 0. The van der Waals surface area contributed by atoms with Crippen molar-refractivity contribution in [3.8, 4) is 0 Å². The van der Waals surface area contributed by atoms with E-state index in [1.54, 1.807) is 6.08 Å². The van der Waals surface area contributed by atoms with Gasteiger partial charge in [0.25, 0.3) is 0 Å². The van der Waals surface area contributed by atoms with Crippen LogP contribution >= 0.6 is 0 Å². The third-order valence-corrected chi connectivity index (χ3v) is 8.84. The van der Waals surface area contributed by atoms with E-state index in [1.165, 1.54) is 0 Å². The lowest BCUT2D eigenvalue weighted by molar-refractivity contribution is -0.167. The minimum atomic E-state index is -0.747. The third-order valence-electron chi connectivity index (χ3n) is 8.84. The van der Waals surface area contributed by atoms with Crippen LogP contribution in [0.3, 0.4) is 0 Å². The first kappa shape index (κ1) is 19.4. The number of hydrogen-bond donors (Lipinski definition) is 1. The number of ketones is 1. The highest BCUT2D eigenvalue weighted by Gasteiger charge is 2.67. The Morgan fingerprint density at radius 1 is 1.19 bits per heavy atom. The van der Waals surface area contributed by atoms with E-state index in [0.29, 0.717) is 25.6 Å². The Bertz CT molecular complexity index is 665. The highest BCUT2D eigenvalue weighted by atomic mass is 16.7. The molecule has 1 aliphatic heterocycles. The molecule has 0 radical (unpaired) electrons. The number of ether oxygens (including phenoxy) is 2. The molecule has 27 heavy (non-hydrogen) atoms. The third kappa shape index (κ3) is 2.42. The number of aliphatic hydroxyl groups is 1. The van der Waals surface area contributed by atoms with Gasteiger partial charge in [0.1, 0.15) is 5.78 Å². The molecule has 3 unspecified atom stereocenters. The molecule has 1 heterocycles. The predicted molar refractivity (Wildman–Crippen MR) is 104 cm³/mol. The van der Waals surface area contributed by atoms with Gasteiger partial charge in [0.15, 0.2) is 6.29 Å². The van der Waals surface area contributed by atoms with E-state index < -0.39 is 16.9 Å². The summed E-state index contributed by atoms with van der Waals surface area (Å²) in [7, 11) is 0. The van der Waals surface area contributed by atoms with E-state index in [2.05, 4.69) is 27.0 Å². The Balaban J connectivity index is 1.88. The maximum Gasteiger partial charge on any atom is 0.160 e. The molecule has 4 aliphatic rings. The zero-order chi connectivity index (χ0) is 19.6. The second-order valence-electron chi connectivity index (χ2n) is 9.91. The second kappa shape index (κ2) is 6.27. The molecule has 0 aromatic rings. The van der Waals surface area contributed by atoms with E-state index in [-0.39, 0.29) is 29.3 Å². The standard InChI is InChI=1S/C23H34O4/c1-6-21(4)13-17(24)22(5)14(2)7-9-23(15(3)19(21)25)10-8-16(18(22)23)20-26-11-12-27-20/h6,14,16,18-20,25H,1,3,7-13H2,2,4-5H3/t14-,16-,18?,19?,21+,22+,23?/m1/s1. The van der Waals surface area contributed by atoms with Gasteiger partial charge in [0.2, 0.25) is 0 Å². The molecule has 0 spiro atoms. The van der Waals surface area contributed by atoms with Gasteiger partial charge in [-0.1, -0.05) is 33.4 Å². The Morgan fingerprint density at radius 2 is 1.81 bits per heavy atom. The van der Waals surface area contributed by atoms with Gasteiger partial charge in [-0.15, -0.1) is 6.58 Å². The van der Waals surface area contributed by atoms with Crippen molar-refractivity contribution in [2.45, 2.75) is 65.3 Å². The van der Waals surface area contributed by atoms with Gasteiger partial charge in [0.05, 0.1) is 19.3 Å². The first-order chi connectivity index (χ1) is 12.7. The summed E-state index contributed by atoms with van der Waals surface area (Å²) < 4.78 is 11.8. The SMILES string of the molecule is C=C[C@@]1(C)CC(=O)[C@@]2(C)C3[C@H](C4OCCO4)CCC3(CC[C@H]2C)C(=C)C1O. The van der Waals surface area contributed by atoms with Crippen LogP contribution in [-0.2, 0) is 14.3 Å². The second-order valence-corrected chi connectivity index (χ2v) is 9.91. The summed E-state index contributed by atoms with van der Waals surface area (Å²) in [6.45, 7) is 16.0. The van der Waals surface area contributed by atoms with Crippen LogP contribution in [0.2, 0.25) is 0 Å². The molecule has 150 valence electrons. The molecule has 3 aliphatic carbocycles. The number of Topliss-reactive ketones (excluding diaryl/α,β-unsaturated/α-hetero) is 1. The largest absolute Gasteiger partial charge is 0.388 e. The Morgan fingerprint density at radius 3 is 2.44 bits per heavy atom. The highest BCUT2D eigenvalue weighted by Crippen LogP contribution is 2.69. The van der Waals surface area contributed by atoms with E-state index in [4.69, 9.17) is 9.47 Å². The maximum absolute atomic E-state index is 13.8. The lowest BCUT2D eigenvalue weighted by Crippen LogP contribution is -2.59. The molecule has 4 nitrogen and oxygen atoms in total. The lowest BCUT2D eigenvalue weighted by atomic mass is 9.44. The van der Waals surface area contributed by atoms with Gasteiger partial charge in [-0.3, -0.25) is 4.79 Å². The van der Waals surface area contributed by atoms with Crippen molar-refractivity contribution in [3.63, 3.8) is 0 Å². The first-order valence-electron chi connectivity index (χ1n) is 10.5. The number of carbonyl (C=O) groups excluding carboxylic acids is 1. The molecule has 4 rings (SSSR count). The highest BCUT2D eigenvalue weighted by molar-refractivity contribution is 5.87. The molecule has 1 N–H and O–H groups in total. The van der Waals surface area contributed by atoms with Crippen LogP contribution in [0.1, 0.15) is 52.9 Å². The van der Waals surface area contributed by atoms with Crippen LogP contribution in [-0.4, -0.2) is 36.5 Å². The van der Waals surface area contributed by atoms with Crippen LogP contribution in [0.4, 0.5) is 0 Å². The van der Waals surface area contributed by atoms with Gasteiger partial charge in [-0.25, -0.2) is 0 Å². The van der Waals surface area contributed by atoms with Gasteiger partial charge < -0.3 is 14.6 Å². The zero-order valence-corrected chi connectivity index (χ0v) is 17.0. The van der Waals surface area contributed by atoms with E-state index >= 15 is 0 Å². The van der Waals surface area contributed by atoms with Gasteiger partial charge in [-0.2, -0.15) is 0 Å². The van der Waals surface area contributed by atoms with Crippen LogP contribution < -0.4 is 0 Å². The van der Waals surface area contributed by atoms with Crippen LogP contribution in [0, 0.1) is 34.0 Å². The zero-order valence-electron chi connectivity index (χ0n) is 17.0. The fourth-order valence-electron chi connectivity index (χ4n) is 6.91. The quantitative estimate of drug-likeness (QED) is 0.745. The Labute approximate surface area is 163 Å². The van der Waals surface area contributed by atoms with Gasteiger partial charge in [-0.05, 0) is 48.5 Å². The molecule has 7 atom stereocenters. The van der Waals surface area contributed by atoms with Crippen molar-refractivity contribution in [2.75, 3.05) is 13.2 Å². The summed E-state index contributed by atoms with van der Waals surface area (Å²) in [5, 5.41) is 11.3. The van der Waals surface area contributed by atoms with Crippen molar-refractivity contribution < 1.29 is 19.4 Å². The normalized spacial score (nSPS) is 51.0. The molecule has 2 bridgehead atoms. The summed E-state index contributed by atoms with van der Waals surface area (Å²) in [5.74, 6) is 0.840. The van der Waals surface area contributed by atoms with Crippen molar-refractivity contribution in [1.29, 1.82) is 0 Å². The number of rotatable bonds is 2. The minimum absolute atomic E-state index is 0.112. The molecule has 0 aromatic heterocycles. The molecule has 0 aromatic carbocycles. The van der Waals surface area contributed by atoms with Crippen molar-refractivity contribution in [3.05, 3.63) is 24.8 Å². The Hall–Kier alpha value is -0.970. The maximum atomic E-state index is 13.8. The fourth-order valence-corrected chi connectivity index (χ4v) is 6.91. The molecule has 4 fully saturated rings. The van der Waals surface area contributed by atoms with Crippen LogP contribution in [0.15, 0.2) is 24.8 Å². The van der Waals surface area contributed by atoms with E-state index in [1.807, 2.05) is 6.92 Å². The average Bonchev–Trinajstić information content (AvgIpc) is 3.31. The summed E-state index contributed by atoms with van der Waals surface area (Å²) in [6.07, 6.45) is 4.97. The number of carbonyl (C=O) groups is 1. The molecular weight excluding hydrogens is 340 g/mol. The molecule has 3 saturated carbocycles. The summed E-state index contributed by atoms with van der Waals surface area (Å²) in [6, 6.07) is 0. The fraction of sp³-hybridized carbons (Fsp3) is 0.783. The van der Waals surface area contributed by atoms with Gasteiger partial charge >= 0.3 is 0 Å². The Kier molecular flexibility index (Phi) is 4.49. The first-order valence-corrected chi connectivity index (χ1v) is 10.5. The van der Waals surface area contributed by atoms with E-state index in [0.717, 1.165) is 31.3 Å². The molecule has 0 amide bonds. The molecule has 1 saturated heterocycles. The smallest absolute Gasteiger partial charge is 0.160 e. The molecule has 4 heteroatoms. The van der Waals surface area contributed by atoms with Crippen LogP contribution in [0.25, 0.3) is 0 Å². The number of hydrogen-bond acceptors (Lipinski definition) is 4. The van der Waals surface area contributed by atoms with Gasteiger partial charge in [0, 0.05) is 23.2 Å². The topological polar surface area (TPSA) is 55.8 Å². The summed E-state index contributed by atoms with van der Waals surface area (Å²) in [5.41, 5.74) is -0.438. The molecular formula is C23H34O4. The lowest BCUT2D eigenvalue weighted by Gasteiger charge is -2.59. The van der Waals surface area contributed by atoms with Crippen molar-refractivity contribution in [1.82, 2.24) is 0 Å². The van der Waals surface area contributed by atoms with Crippen LogP contribution in [0.5, 0.6) is 0 Å². The van der Waals surface area contributed by atoms with Crippen molar-refractivity contribution >= 4 is 5.78 Å². The predicted octanol–water partition coefficient (Wildman–Crippen LogP) is 3.89. The average molecular weight is 375 g/mol. The van der Waals surface area contributed by atoms with E-state index in [9.17, 15) is 9.90 Å². The number of aliphatic hydroxyl groups excluding tert-OH is 1. The van der Waals surface area contributed by atoms with Crippen molar-refractivity contribution in [2.24, 2.45) is 34.0 Å². The summed E-state index contributed by atoms with van der Waals surface area (Å²) in [4.78, 5) is 13.8. The minimum Gasteiger partial charge on any atom is -0.388 e.